The third kappa shape index (κ3) is 3.48. The van der Waals surface area contributed by atoms with Crippen LogP contribution in [0.15, 0.2) is 42.5 Å². The summed E-state index contributed by atoms with van der Waals surface area (Å²) in [4.78, 5) is 0. The Bertz CT molecular complexity index is 599. The van der Waals surface area contributed by atoms with Gasteiger partial charge in [0.05, 0.1) is 11.5 Å². The van der Waals surface area contributed by atoms with E-state index < -0.39 is 17.0 Å². The minimum Gasteiger partial charge on any atom is -0.491 e. The van der Waals surface area contributed by atoms with Gasteiger partial charge in [-0.15, -0.1) is 11.6 Å². The van der Waals surface area contributed by atoms with E-state index >= 15 is 0 Å². The van der Waals surface area contributed by atoms with Crippen LogP contribution >= 0.6 is 11.6 Å². The van der Waals surface area contributed by atoms with Crippen molar-refractivity contribution in [2.75, 3.05) is 0 Å². The molecule has 0 heterocycles. The van der Waals surface area contributed by atoms with Crippen LogP contribution in [0, 0.1) is 11.6 Å². The van der Waals surface area contributed by atoms with Crippen molar-refractivity contribution in [2.45, 2.75) is 25.3 Å². The van der Waals surface area contributed by atoms with Crippen LogP contribution in [-0.2, 0) is 0 Å². The summed E-state index contributed by atoms with van der Waals surface area (Å²) in [6.07, 6.45) is 0.0431. The number of ether oxygens (including phenoxy) is 1. The molecule has 0 fully saturated rings. The fourth-order valence-corrected chi connectivity index (χ4v) is 2.22. The lowest BCUT2D eigenvalue weighted by Crippen LogP contribution is -2.06. The second-order valence-corrected chi connectivity index (χ2v) is 5.20. The Balaban J connectivity index is 2.30. The Hall–Kier alpha value is -1.61. The van der Waals surface area contributed by atoms with Gasteiger partial charge in [-0.1, -0.05) is 18.2 Å². The molecule has 2 aromatic rings. The van der Waals surface area contributed by atoms with E-state index in [2.05, 4.69) is 0 Å². The summed E-state index contributed by atoms with van der Waals surface area (Å²) >= 11 is 6.28. The summed E-state index contributed by atoms with van der Waals surface area (Å²) in [5, 5.41) is -0.689. The highest BCUT2D eigenvalue weighted by molar-refractivity contribution is 6.22. The monoisotopic (exact) mass is 296 g/mol. The van der Waals surface area contributed by atoms with Crippen molar-refractivity contribution in [1.29, 1.82) is 0 Å². The first-order valence-corrected chi connectivity index (χ1v) is 6.76. The lowest BCUT2D eigenvalue weighted by molar-refractivity contribution is 0.242. The van der Waals surface area contributed by atoms with Gasteiger partial charge in [-0.05, 0) is 37.6 Å². The molecule has 0 aliphatic heterocycles. The van der Waals surface area contributed by atoms with Crippen LogP contribution in [-0.4, -0.2) is 6.10 Å². The molecule has 1 unspecified atom stereocenters. The molecule has 2 rings (SSSR count). The predicted octanol–water partition coefficient (Wildman–Crippen LogP) is 5.08. The molecule has 0 aliphatic carbocycles. The zero-order valence-corrected chi connectivity index (χ0v) is 12.0. The average molecular weight is 297 g/mol. The third-order valence-corrected chi connectivity index (χ3v) is 3.25. The lowest BCUT2D eigenvalue weighted by Gasteiger charge is -2.14. The predicted molar refractivity (Wildman–Crippen MR) is 76.3 cm³/mol. The summed E-state index contributed by atoms with van der Waals surface area (Å²) in [5.41, 5.74) is 0.949. The summed E-state index contributed by atoms with van der Waals surface area (Å²) in [5.74, 6) is -0.599. The van der Waals surface area contributed by atoms with E-state index in [0.717, 1.165) is 6.07 Å². The van der Waals surface area contributed by atoms with Gasteiger partial charge in [-0.2, -0.15) is 0 Å². The Morgan fingerprint density at radius 1 is 1.05 bits per heavy atom. The minimum absolute atomic E-state index is 0.0431. The number of alkyl halides is 1. The first-order chi connectivity index (χ1) is 9.47. The molecule has 1 atom stereocenters. The zero-order chi connectivity index (χ0) is 14.7. The largest absolute Gasteiger partial charge is 0.491 e. The molecular weight excluding hydrogens is 282 g/mol. The summed E-state index contributed by atoms with van der Waals surface area (Å²) < 4.78 is 32.2. The van der Waals surface area contributed by atoms with E-state index in [1.165, 1.54) is 12.1 Å². The van der Waals surface area contributed by atoms with E-state index in [0.29, 0.717) is 11.3 Å². The Kier molecular flexibility index (Phi) is 4.61. The minimum atomic E-state index is -0.689. The topological polar surface area (TPSA) is 9.23 Å². The van der Waals surface area contributed by atoms with E-state index in [9.17, 15) is 8.78 Å². The second kappa shape index (κ2) is 6.23. The van der Waals surface area contributed by atoms with Crippen molar-refractivity contribution in [1.82, 2.24) is 0 Å². The summed E-state index contributed by atoms with van der Waals surface area (Å²) in [7, 11) is 0. The second-order valence-electron chi connectivity index (χ2n) is 4.77. The van der Waals surface area contributed by atoms with Crippen molar-refractivity contribution in [3.8, 4) is 5.75 Å². The fraction of sp³-hybridized carbons (Fsp3) is 0.250. The third-order valence-electron chi connectivity index (χ3n) is 2.76. The Morgan fingerprint density at radius 3 is 2.45 bits per heavy atom. The highest BCUT2D eigenvalue weighted by atomic mass is 35.5. The maximum Gasteiger partial charge on any atom is 0.131 e. The highest BCUT2D eigenvalue weighted by Gasteiger charge is 2.16. The first kappa shape index (κ1) is 14.8. The molecule has 4 heteroatoms. The number of hydrogen-bond acceptors (Lipinski definition) is 1. The van der Waals surface area contributed by atoms with Crippen LogP contribution in [0.1, 0.15) is 30.4 Å². The van der Waals surface area contributed by atoms with Crippen molar-refractivity contribution in [3.63, 3.8) is 0 Å². The van der Waals surface area contributed by atoms with Crippen molar-refractivity contribution in [2.24, 2.45) is 0 Å². The molecule has 0 aliphatic rings. The van der Waals surface area contributed by atoms with Gasteiger partial charge in [0.15, 0.2) is 0 Å². The molecule has 1 nitrogen and oxygen atoms in total. The lowest BCUT2D eigenvalue weighted by atomic mass is 10.0. The van der Waals surface area contributed by atoms with Crippen LogP contribution in [0.4, 0.5) is 8.78 Å². The number of halogens is 3. The number of rotatable bonds is 4. The molecule has 0 saturated carbocycles. The molecule has 0 spiro atoms. The first-order valence-electron chi connectivity index (χ1n) is 6.33. The molecule has 2 aromatic carbocycles. The van der Waals surface area contributed by atoms with Gasteiger partial charge < -0.3 is 4.74 Å². The van der Waals surface area contributed by atoms with E-state index in [1.54, 1.807) is 18.2 Å². The number of hydrogen-bond donors (Lipinski definition) is 0. The smallest absolute Gasteiger partial charge is 0.131 e. The van der Waals surface area contributed by atoms with Gasteiger partial charge in [0.25, 0.3) is 0 Å². The maximum absolute atomic E-state index is 13.7. The average Bonchev–Trinajstić information content (AvgIpc) is 2.37. The van der Waals surface area contributed by atoms with Gasteiger partial charge in [0, 0.05) is 11.6 Å². The highest BCUT2D eigenvalue weighted by Crippen LogP contribution is 2.32. The molecular formula is C16H15ClF2O. The van der Waals surface area contributed by atoms with Crippen molar-refractivity contribution < 1.29 is 13.5 Å². The number of benzene rings is 2. The molecule has 0 aromatic heterocycles. The van der Waals surface area contributed by atoms with E-state index in [4.69, 9.17) is 16.3 Å². The van der Waals surface area contributed by atoms with Gasteiger partial charge >= 0.3 is 0 Å². The molecule has 0 amide bonds. The molecule has 106 valence electrons. The van der Waals surface area contributed by atoms with Crippen LogP contribution < -0.4 is 4.74 Å². The van der Waals surface area contributed by atoms with Crippen molar-refractivity contribution >= 4 is 11.6 Å². The SMILES string of the molecule is CC(C)Oc1cccc(C(Cl)c2ccc(F)cc2F)c1. The molecule has 0 saturated heterocycles. The van der Waals surface area contributed by atoms with Gasteiger partial charge in [0.2, 0.25) is 0 Å². The van der Waals surface area contributed by atoms with Crippen molar-refractivity contribution in [3.05, 3.63) is 65.2 Å². The van der Waals surface area contributed by atoms with Gasteiger partial charge in [-0.25, -0.2) is 8.78 Å². The van der Waals surface area contributed by atoms with Crippen LogP contribution in [0.5, 0.6) is 5.75 Å². The van der Waals surface area contributed by atoms with E-state index in [1.807, 2.05) is 19.9 Å². The summed E-state index contributed by atoms with van der Waals surface area (Å²) in [6, 6.07) is 10.5. The molecule has 0 radical (unpaired) electrons. The van der Waals surface area contributed by atoms with E-state index in [-0.39, 0.29) is 11.7 Å². The Morgan fingerprint density at radius 2 is 1.80 bits per heavy atom. The maximum atomic E-state index is 13.7. The van der Waals surface area contributed by atoms with Gasteiger partial charge in [-0.3, -0.25) is 0 Å². The standard InChI is InChI=1S/C16H15ClF2O/c1-10(2)20-13-5-3-4-11(8-13)16(17)14-7-6-12(18)9-15(14)19/h3-10,16H,1-2H3. The Labute approximate surface area is 122 Å². The van der Waals surface area contributed by atoms with Crippen LogP contribution in [0.3, 0.4) is 0 Å². The fourth-order valence-electron chi connectivity index (χ4n) is 1.90. The van der Waals surface area contributed by atoms with Crippen LogP contribution in [0.2, 0.25) is 0 Å². The zero-order valence-electron chi connectivity index (χ0n) is 11.2. The van der Waals surface area contributed by atoms with Crippen LogP contribution in [0.25, 0.3) is 0 Å². The normalized spacial score (nSPS) is 12.5. The quantitative estimate of drug-likeness (QED) is 0.715. The summed E-state index contributed by atoms with van der Waals surface area (Å²) in [6.45, 7) is 3.84. The molecule has 0 N–H and O–H groups in total. The molecule has 0 bridgehead atoms. The van der Waals surface area contributed by atoms with Gasteiger partial charge in [0.1, 0.15) is 17.4 Å². The molecule has 20 heavy (non-hydrogen) atoms.